The van der Waals surface area contributed by atoms with E-state index in [2.05, 4.69) is 15.6 Å². The van der Waals surface area contributed by atoms with Gasteiger partial charge in [0.1, 0.15) is 0 Å². The van der Waals surface area contributed by atoms with Crippen LogP contribution in [0.5, 0.6) is 0 Å². The first-order valence-corrected chi connectivity index (χ1v) is 11.2. The van der Waals surface area contributed by atoms with Crippen molar-refractivity contribution < 1.29 is 13.2 Å². The van der Waals surface area contributed by atoms with Gasteiger partial charge in [0, 0.05) is 46.1 Å². The zero-order chi connectivity index (χ0) is 21.4. The first kappa shape index (κ1) is 25.9. The second-order valence-corrected chi connectivity index (χ2v) is 9.20. The minimum absolute atomic E-state index is 0. The molecule has 1 amide bonds. The maximum Gasteiger partial charge on any atom is 0.253 e. The fourth-order valence-electron chi connectivity index (χ4n) is 2.67. The van der Waals surface area contributed by atoms with Gasteiger partial charge in [0.15, 0.2) is 15.8 Å². The van der Waals surface area contributed by atoms with Crippen LogP contribution in [-0.4, -0.2) is 52.6 Å². The van der Waals surface area contributed by atoms with Gasteiger partial charge in [-0.2, -0.15) is 0 Å². The first-order chi connectivity index (χ1) is 13.7. The minimum atomic E-state index is -3.03. The minimum Gasteiger partial charge on any atom is -0.352 e. The quantitative estimate of drug-likeness (QED) is 0.318. The van der Waals surface area contributed by atoms with Crippen LogP contribution in [0.15, 0.2) is 53.5 Å². The summed E-state index contributed by atoms with van der Waals surface area (Å²) in [5.74, 6) is 0.672. The molecule has 0 bridgehead atoms. The molecule has 0 unspecified atom stereocenters. The lowest BCUT2D eigenvalue weighted by Gasteiger charge is -2.13. The molecule has 2 rings (SSSR count). The van der Waals surface area contributed by atoms with Crippen LogP contribution in [0.4, 0.5) is 0 Å². The van der Waals surface area contributed by atoms with Gasteiger partial charge >= 0.3 is 0 Å². The number of hydrogen-bond donors (Lipinski definition) is 2. The number of aliphatic imine (C=N–C) groups is 1. The molecule has 0 aliphatic heterocycles. The number of carbonyl (C=O) groups excluding carboxylic acids is 1. The molecule has 0 aliphatic rings. The Hall–Kier alpha value is -2.14. The summed E-state index contributed by atoms with van der Waals surface area (Å²) >= 11 is 0. The van der Waals surface area contributed by atoms with E-state index in [1.807, 2.05) is 48.5 Å². The zero-order valence-electron chi connectivity index (χ0n) is 17.7. The molecule has 2 aromatic rings. The molecule has 0 saturated heterocycles. The van der Waals surface area contributed by atoms with Gasteiger partial charge in [-0.15, -0.1) is 24.0 Å². The Balaban J connectivity index is 0.00000450. The van der Waals surface area contributed by atoms with Crippen molar-refractivity contribution >= 4 is 45.7 Å². The van der Waals surface area contributed by atoms with Gasteiger partial charge in [-0.25, -0.2) is 8.42 Å². The molecule has 164 valence electrons. The number of nitrogens with zero attached hydrogens (tertiary/aromatic N) is 2. The molecule has 0 saturated carbocycles. The number of benzene rings is 2. The van der Waals surface area contributed by atoms with Crippen molar-refractivity contribution in [3.63, 3.8) is 0 Å². The van der Waals surface area contributed by atoms with Crippen molar-refractivity contribution in [2.75, 3.05) is 27.4 Å². The van der Waals surface area contributed by atoms with Crippen LogP contribution in [0.25, 0.3) is 0 Å². The predicted molar refractivity (Wildman–Crippen MR) is 132 cm³/mol. The van der Waals surface area contributed by atoms with Gasteiger partial charge in [-0.3, -0.25) is 9.79 Å². The normalized spacial score (nSPS) is 11.4. The third-order valence-electron chi connectivity index (χ3n) is 4.20. The van der Waals surface area contributed by atoms with E-state index in [1.54, 1.807) is 26.0 Å². The number of hydrogen-bond acceptors (Lipinski definition) is 4. The van der Waals surface area contributed by atoms with E-state index >= 15 is 0 Å². The van der Waals surface area contributed by atoms with Crippen LogP contribution in [0.3, 0.4) is 0 Å². The fraction of sp³-hybridized carbons (Fsp3) is 0.333. The Labute approximate surface area is 195 Å². The van der Waals surface area contributed by atoms with Gasteiger partial charge in [0.25, 0.3) is 5.91 Å². The average Bonchev–Trinajstić information content (AvgIpc) is 2.68. The Bertz CT molecular complexity index is 957. The van der Waals surface area contributed by atoms with Crippen molar-refractivity contribution in [3.05, 3.63) is 70.8 Å². The molecule has 0 fully saturated rings. The van der Waals surface area contributed by atoms with E-state index < -0.39 is 9.84 Å². The van der Waals surface area contributed by atoms with Gasteiger partial charge < -0.3 is 15.5 Å². The molecule has 0 heterocycles. The Kier molecular flexibility index (Phi) is 10.3. The molecule has 0 spiro atoms. The van der Waals surface area contributed by atoms with E-state index in [0.717, 1.165) is 16.7 Å². The molecule has 30 heavy (non-hydrogen) atoms. The third-order valence-corrected chi connectivity index (χ3v) is 5.06. The molecule has 2 N–H and O–H groups in total. The lowest BCUT2D eigenvalue weighted by atomic mass is 10.1. The summed E-state index contributed by atoms with van der Waals surface area (Å²) in [5, 5.41) is 6.46. The molecule has 9 heteroatoms. The lowest BCUT2D eigenvalue weighted by Crippen LogP contribution is -2.36. The molecular formula is C21H29IN4O3S. The number of carbonyl (C=O) groups is 1. The Morgan fingerprint density at radius 3 is 1.73 bits per heavy atom. The first-order valence-electron chi connectivity index (χ1n) is 9.18. The van der Waals surface area contributed by atoms with Crippen LogP contribution < -0.4 is 10.6 Å². The maximum absolute atomic E-state index is 11.9. The lowest BCUT2D eigenvalue weighted by molar-refractivity contribution is 0.0827. The molecule has 0 aromatic heterocycles. The van der Waals surface area contributed by atoms with Crippen molar-refractivity contribution in [3.8, 4) is 0 Å². The summed E-state index contributed by atoms with van der Waals surface area (Å²) in [5.41, 5.74) is 3.49. The van der Waals surface area contributed by atoms with Gasteiger partial charge in [-0.1, -0.05) is 36.4 Å². The monoisotopic (exact) mass is 544 g/mol. The summed E-state index contributed by atoms with van der Waals surface area (Å²) in [4.78, 5) is 17.7. The van der Waals surface area contributed by atoms with E-state index in [0.29, 0.717) is 24.6 Å². The van der Waals surface area contributed by atoms with Crippen molar-refractivity contribution in [1.82, 2.24) is 15.5 Å². The number of guanidine groups is 1. The highest BCUT2D eigenvalue weighted by atomic mass is 127. The fourth-order valence-corrected chi connectivity index (χ4v) is 3.47. The summed E-state index contributed by atoms with van der Waals surface area (Å²) < 4.78 is 22.7. The highest BCUT2D eigenvalue weighted by Gasteiger charge is 2.08. The second kappa shape index (κ2) is 11.9. The van der Waals surface area contributed by atoms with Crippen molar-refractivity contribution in [2.24, 2.45) is 4.99 Å². The summed E-state index contributed by atoms with van der Waals surface area (Å²) in [6, 6.07) is 14.9. The highest BCUT2D eigenvalue weighted by molar-refractivity contribution is 14.0. The van der Waals surface area contributed by atoms with Crippen LogP contribution in [0, 0.1) is 0 Å². The largest absolute Gasteiger partial charge is 0.352 e. The smallest absolute Gasteiger partial charge is 0.253 e. The third kappa shape index (κ3) is 8.70. The Morgan fingerprint density at radius 1 is 0.900 bits per heavy atom. The Morgan fingerprint density at radius 2 is 1.33 bits per heavy atom. The summed E-state index contributed by atoms with van der Waals surface area (Å²) in [6.07, 6.45) is 1.23. The molecule has 2 aromatic carbocycles. The predicted octanol–water partition coefficient (Wildman–Crippen LogP) is 2.42. The number of nitrogens with one attached hydrogen (secondary N) is 2. The van der Waals surface area contributed by atoms with Crippen molar-refractivity contribution in [1.29, 1.82) is 0 Å². The molecule has 0 atom stereocenters. The molecule has 0 radical (unpaired) electrons. The number of rotatable bonds is 7. The van der Waals surface area contributed by atoms with E-state index in [1.165, 1.54) is 6.26 Å². The van der Waals surface area contributed by atoms with E-state index in [-0.39, 0.29) is 35.6 Å². The van der Waals surface area contributed by atoms with E-state index in [4.69, 9.17) is 0 Å². The number of halogens is 1. The topological polar surface area (TPSA) is 90.9 Å². The average molecular weight is 544 g/mol. The molecule has 7 nitrogen and oxygen atoms in total. The van der Waals surface area contributed by atoms with Gasteiger partial charge in [0.05, 0.1) is 5.75 Å². The van der Waals surface area contributed by atoms with Crippen LogP contribution in [0.1, 0.15) is 27.0 Å². The van der Waals surface area contributed by atoms with E-state index in [9.17, 15) is 13.2 Å². The van der Waals surface area contributed by atoms with Gasteiger partial charge in [-0.05, 0) is 28.8 Å². The zero-order valence-corrected chi connectivity index (χ0v) is 20.8. The summed E-state index contributed by atoms with van der Waals surface area (Å²) in [7, 11) is 2.12. The maximum atomic E-state index is 11.9. The number of amides is 1. The second-order valence-electron chi connectivity index (χ2n) is 7.06. The molecular weight excluding hydrogens is 515 g/mol. The SMILES string of the molecule is CN=C(NCc1ccc(CS(C)(=O)=O)cc1)NCc1ccc(C(=O)N(C)C)cc1.I. The highest BCUT2D eigenvalue weighted by Crippen LogP contribution is 2.08. The summed E-state index contributed by atoms with van der Waals surface area (Å²) in [6.45, 7) is 1.14. The molecule has 0 aliphatic carbocycles. The van der Waals surface area contributed by atoms with Crippen LogP contribution >= 0.6 is 24.0 Å². The standard InChI is InChI=1S/C21H28N4O3S.HI/c1-22-21(23-13-16-5-7-18(8-6-16)15-29(4,27)28)24-14-17-9-11-19(12-10-17)20(26)25(2)3;/h5-12H,13-15H2,1-4H3,(H2,22,23,24);1H. The van der Waals surface area contributed by atoms with Crippen LogP contribution in [-0.2, 0) is 28.7 Å². The van der Waals surface area contributed by atoms with Gasteiger partial charge in [0.2, 0.25) is 0 Å². The van der Waals surface area contributed by atoms with Crippen molar-refractivity contribution in [2.45, 2.75) is 18.8 Å². The van der Waals surface area contributed by atoms with Crippen LogP contribution in [0.2, 0.25) is 0 Å². The number of sulfone groups is 1.